The van der Waals surface area contributed by atoms with Crippen molar-refractivity contribution in [3.8, 4) is 11.5 Å². The first-order valence-electron chi connectivity index (χ1n) is 7.40. The van der Waals surface area contributed by atoms with Crippen molar-refractivity contribution in [2.75, 3.05) is 0 Å². The summed E-state index contributed by atoms with van der Waals surface area (Å²) >= 11 is 0. The van der Waals surface area contributed by atoms with Gasteiger partial charge in [-0.05, 0) is 24.5 Å². The minimum atomic E-state index is -1.26. The van der Waals surface area contributed by atoms with Gasteiger partial charge in [0.2, 0.25) is 0 Å². The molecule has 0 unspecified atom stereocenters. The third-order valence-electron chi connectivity index (χ3n) is 3.72. The molecule has 1 aromatic carbocycles. The van der Waals surface area contributed by atoms with Crippen molar-refractivity contribution in [1.29, 1.82) is 0 Å². The lowest BCUT2D eigenvalue weighted by molar-refractivity contribution is 0.0651. The van der Waals surface area contributed by atoms with Gasteiger partial charge in [-0.3, -0.25) is 0 Å². The quantitative estimate of drug-likeness (QED) is 0.537. The van der Waals surface area contributed by atoms with E-state index in [1.165, 1.54) is 31.7 Å². The second-order valence-corrected chi connectivity index (χ2v) is 5.35. The second-order valence-electron chi connectivity index (χ2n) is 5.35. The van der Waals surface area contributed by atoms with Gasteiger partial charge in [0.05, 0.1) is 5.56 Å². The number of unbranched alkanes of at least 4 members (excludes halogenated alkanes) is 5. The molecule has 0 atom stereocenters. The predicted molar refractivity (Wildman–Crippen MR) is 77.5 cm³/mol. The number of ether oxygens (including phenoxy) is 1. The van der Waals surface area contributed by atoms with E-state index in [2.05, 4.69) is 6.92 Å². The lowest BCUT2D eigenvalue weighted by Crippen LogP contribution is -2.07. The maximum atomic E-state index is 11.2. The first-order valence-corrected chi connectivity index (χ1v) is 7.40. The summed E-state index contributed by atoms with van der Waals surface area (Å²) < 4.78 is 5.20. The number of aryl methyl sites for hydroxylation is 1. The van der Waals surface area contributed by atoms with Crippen LogP contribution in [0.2, 0.25) is 0 Å². The van der Waals surface area contributed by atoms with Crippen LogP contribution in [0.25, 0.3) is 0 Å². The molecule has 0 amide bonds. The van der Waals surface area contributed by atoms with Crippen molar-refractivity contribution < 1.29 is 24.5 Å². The van der Waals surface area contributed by atoms with E-state index in [0.29, 0.717) is 5.75 Å². The molecule has 2 N–H and O–H groups in total. The van der Waals surface area contributed by atoms with E-state index in [4.69, 9.17) is 14.9 Å². The van der Waals surface area contributed by atoms with Gasteiger partial charge in [0.1, 0.15) is 5.56 Å². The zero-order valence-electron chi connectivity index (χ0n) is 12.1. The molecule has 2 rings (SSSR count). The lowest BCUT2D eigenvalue weighted by Gasteiger charge is -2.03. The summed E-state index contributed by atoms with van der Waals surface area (Å²) in [6.07, 6.45) is 7.64. The van der Waals surface area contributed by atoms with Gasteiger partial charge in [0.25, 0.3) is 0 Å². The van der Waals surface area contributed by atoms with Crippen LogP contribution >= 0.6 is 0 Å². The Labute approximate surface area is 123 Å². The van der Waals surface area contributed by atoms with Crippen LogP contribution in [0, 0.1) is 0 Å². The lowest BCUT2D eigenvalue weighted by atomic mass is 9.99. The van der Waals surface area contributed by atoms with Crippen molar-refractivity contribution in [3.05, 3.63) is 22.8 Å². The smallest absolute Gasteiger partial charge is 0.340 e. The monoisotopic (exact) mass is 292 g/mol. The van der Waals surface area contributed by atoms with E-state index < -0.39 is 11.9 Å². The van der Waals surface area contributed by atoms with Crippen LogP contribution in [0.5, 0.6) is 11.5 Å². The number of hydrogen-bond acceptors (Lipinski definition) is 3. The molecule has 0 bridgehead atoms. The van der Waals surface area contributed by atoms with E-state index in [1.54, 1.807) is 0 Å². The standard InChI is InChI=1S/C16H20O5/c1-2-3-4-5-6-7-8-10-9-11(15(17)18)12(16(19)20)14-13(10)21-14/h9H,2-8H2,1H3,(H,17,18)(H,19,20). The largest absolute Gasteiger partial charge is 0.478 e. The maximum Gasteiger partial charge on any atom is 0.340 e. The highest BCUT2D eigenvalue weighted by atomic mass is 16.6. The van der Waals surface area contributed by atoms with Crippen LogP contribution in [0.3, 0.4) is 0 Å². The van der Waals surface area contributed by atoms with Gasteiger partial charge in [0.15, 0.2) is 11.5 Å². The average Bonchev–Trinajstić information content (AvgIpc) is 3.21. The first-order chi connectivity index (χ1) is 10.1. The first kappa shape index (κ1) is 15.4. The molecule has 0 spiro atoms. The molecule has 0 radical (unpaired) electrons. The third-order valence-corrected chi connectivity index (χ3v) is 3.72. The topological polar surface area (TPSA) is 87.1 Å². The van der Waals surface area contributed by atoms with Crippen LogP contribution in [0.1, 0.15) is 71.7 Å². The number of carbonyl (C=O) groups is 2. The number of aromatic carboxylic acids is 2. The molecule has 5 nitrogen and oxygen atoms in total. The summed E-state index contributed by atoms with van der Waals surface area (Å²) in [6.45, 7) is 2.17. The summed E-state index contributed by atoms with van der Waals surface area (Å²) in [5.41, 5.74) is 0.395. The number of hydrogen-bond donors (Lipinski definition) is 2. The Morgan fingerprint density at radius 2 is 1.67 bits per heavy atom. The summed E-state index contributed by atoms with van der Waals surface area (Å²) in [7, 11) is 0. The zero-order chi connectivity index (χ0) is 15.4. The number of benzene rings is 1. The molecule has 1 aliphatic heterocycles. The Kier molecular flexibility index (Phi) is 4.83. The molecular formula is C16H20O5. The summed E-state index contributed by atoms with van der Waals surface area (Å²) in [4.78, 5) is 22.3. The van der Waals surface area contributed by atoms with E-state index in [-0.39, 0.29) is 16.9 Å². The highest BCUT2D eigenvalue weighted by Crippen LogP contribution is 2.52. The van der Waals surface area contributed by atoms with Crippen molar-refractivity contribution >= 4 is 11.9 Å². The van der Waals surface area contributed by atoms with E-state index in [0.717, 1.165) is 24.8 Å². The molecule has 0 saturated carbocycles. The average molecular weight is 292 g/mol. The molecule has 114 valence electrons. The van der Waals surface area contributed by atoms with Crippen molar-refractivity contribution in [1.82, 2.24) is 0 Å². The second kappa shape index (κ2) is 6.61. The minimum Gasteiger partial charge on any atom is -0.478 e. The van der Waals surface area contributed by atoms with Crippen molar-refractivity contribution in [2.45, 2.75) is 51.9 Å². The highest BCUT2D eigenvalue weighted by Gasteiger charge is 2.36. The van der Waals surface area contributed by atoms with Gasteiger partial charge < -0.3 is 14.9 Å². The molecule has 21 heavy (non-hydrogen) atoms. The molecular weight excluding hydrogens is 272 g/mol. The molecule has 5 heteroatoms. The Hall–Kier alpha value is -2.04. The van der Waals surface area contributed by atoms with Gasteiger partial charge in [-0.15, -0.1) is 0 Å². The molecule has 0 aromatic heterocycles. The fourth-order valence-corrected chi connectivity index (χ4v) is 2.55. The summed E-state index contributed by atoms with van der Waals surface area (Å²) in [5.74, 6) is -1.70. The Morgan fingerprint density at radius 3 is 2.29 bits per heavy atom. The number of rotatable bonds is 9. The molecule has 0 saturated heterocycles. The molecule has 0 aliphatic carbocycles. The fraction of sp³-hybridized carbons (Fsp3) is 0.500. The summed E-state index contributed by atoms with van der Waals surface area (Å²) in [5, 5.41) is 18.2. The van der Waals surface area contributed by atoms with E-state index in [1.807, 2.05) is 0 Å². The van der Waals surface area contributed by atoms with Crippen LogP contribution in [-0.2, 0) is 6.42 Å². The maximum absolute atomic E-state index is 11.2. The van der Waals surface area contributed by atoms with Crippen LogP contribution in [0.15, 0.2) is 6.07 Å². The highest BCUT2D eigenvalue weighted by molar-refractivity contribution is 6.06. The summed E-state index contributed by atoms with van der Waals surface area (Å²) in [6, 6.07) is 1.45. The molecule has 0 fully saturated rings. The van der Waals surface area contributed by atoms with Gasteiger partial charge >= 0.3 is 11.9 Å². The molecule has 1 aliphatic rings. The van der Waals surface area contributed by atoms with E-state index >= 15 is 0 Å². The zero-order valence-corrected chi connectivity index (χ0v) is 12.1. The van der Waals surface area contributed by atoms with Crippen molar-refractivity contribution in [2.24, 2.45) is 0 Å². The van der Waals surface area contributed by atoms with Crippen molar-refractivity contribution in [3.63, 3.8) is 0 Å². The Bertz CT molecular complexity index is 562. The number of carboxylic acids is 2. The number of carboxylic acid groups (broad SMARTS) is 2. The SMILES string of the molecule is CCCCCCCCc1cc(C(=O)O)c(C(=O)O)c2c1O2. The van der Waals surface area contributed by atoms with Gasteiger partial charge in [-0.2, -0.15) is 0 Å². The van der Waals surface area contributed by atoms with Crippen LogP contribution < -0.4 is 4.74 Å². The number of fused-ring (bicyclic) bond motifs is 1. The molecule has 1 heterocycles. The van der Waals surface area contributed by atoms with Crippen LogP contribution in [-0.4, -0.2) is 22.2 Å². The van der Waals surface area contributed by atoms with E-state index in [9.17, 15) is 9.59 Å². The van der Waals surface area contributed by atoms with Gasteiger partial charge in [-0.25, -0.2) is 9.59 Å². The van der Waals surface area contributed by atoms with Crippen LogP contribution in [0.4, 0.5) is 0 Å². The van der Waals surface area contributed by atoms with Gasteiger partial charge in [0, 0.05) is 0 Å². The minimum absolute atomic E-state index is 0.181. The fourth-order valence-electron chi connectivity index (χ4n) is 2.55. The predicted octanol–water partition coefficient (Wildman–Crippen LogP) is 4.09. The molecule has 1 aromatic rings. The third kappa shape index (κ3) is 3.54. The Morgan fingerprint density at radius 1 is 1.00 bits per heavy atom. The normalized spacial score (nSPS) is 11.7. The van der Waals surface area contributed by atoms with Gasteiger partial charge in [-0.1, -0.05) is 39.0 Å². The Balaban J connectivity index is 2.01.